The van der Waals surface area contributed by atoms with Crippen LogP contribution in [0.2, 0.25) is 0 Å². The number of benzene rings is 2. The SMILES string of the molecule is CCOC(=O)/C=C/c1ccccc1C(Cl)=Cc1ccccc1. The molecule has 22 heavy (non-hydrogen) atoms. The van der Waals surface area contributed by atoms with E-state index in [9.17, 15) is 4.79 Å². The van der Waals surface area contributed by atoms with Crippen LogP contribution in [-0.2, 0) is 9.53 Å². The highest BCUT2D eigenvalue weighted by molar-refractivity contribution is 6.51. The molecule has 0 unspecified atom stereocenters. The van der Waals surface area contributed by atoms with Crippen LogP contribution in [0, 0.1) is 0 Å². The summed E-state index contributed by atoms with van der Waals surface area (Å²) in [5.74, 6) is -0.361. The van der Waals surface area contributed by atoms with Gasteiger partial charge in [0, 0.05) is 16.7 Å². The maximum Gasteiger partial charge on any atom is 0.330 e. The molecule has 0 radical (unpaired) electrons. The van der Waals surface area contributed by atoms with Gasteiger partial charge in [0.05, 0.1) is 6.61 Å². The summed E-state index contributed by atoms with van der Waals surface area (Å²) in [5, 5.41) is 0.621. The van der Waals surface area contributed by atoms with Crippen molar-refractivity contribution < 1.29 is 9.53 Å². The van der Waals surface area contributed by atoms with Gasteiger partial charge in [-0.15, -0.1) is 0 Å². The van der Waals surface area contributed by atoms with Crippen LogP contribution >= 0.6 is 11.6 Å². The maximum absolute atomic E-state index is 11.4. The van der Waals surface area contributed by atoms with E-state index in [0.717, 1.165) is 16.7 Å². The average molecular weight is 313 g/mol. The first-order chi connectivity index (χ1) is 10.7. The minimum absolute atomic E-state index is 0.361. The van der Waals surface area contributed by atoms with Crippen LogP contribution in [0.3, 0.4) is 0 Å². The van der Waals surface area contributed by atoms with Crippen LogP contribution in [0.4, 0.5) is 0 Å². The number of ether oxygens (including phenoxy) is 1. The molecule has 2 rings (SSSR count). The highest BCUT2D eigenvalue weighted by Crippen LogP contribution is 2.26. The Hall–Kier alpha value is -2.32. The molecule has 0 amide bonds. The molecule has 2 aromatic carbocycles. The highest BCUT2D eigenvalue weighted by Gasteiger charge is 2.04. The Morgan fingerprint density at radius 3 is 2.50 bits per heavy atom. The third-order valence-corrected chi connectivity index (χ3v) is 3.31. The number of carbonyl (C=O) groups is 1. The Morgan fingerprint density at radius 1 is 1.09 bits per heavy atom. The molecule has 0 spiro atoms. The Labute approximate surface area is 135 Å². The summed E-state index contributed by atoms with van der Waals surface area (Å²) < 4.78 is 4.89. The van der Waals surface area contributed by atoms with Gasteiger partial charge in [-0.2, -0.15) is 0 Å². The van der Waals surface area contributed by atoms with Crippen molar-refractivity contribution in [3.05, 3.63) is 77.4 Å². The van der Waals surface area contributed by atoms with Crippen molar-refractivity contribution in [1.29, 1.82) is 0 Å². The van der Waals surface area contributed by atoms with E-state index in [2.05, 4.69) is 0 Å². The molecule has 0 saturated heterocycles. The number of esters is 1. The number of carbonyl (C=O) groups excluding carboxylic acids is 1. The Morgan fingerprint density at radius 2 is 1.77 bits per heavy atom. The molecular weight excluding hydrogens is 296 g/mol. The van der Waals surface area contributed by atoms with Crippen LogP contribution < -0.4 is 0 Å². The lowest BCUT2D eigenvalue weighted by Crippen LogP contribution is -1.98. The molecule has 0 atom stereocenters. The Balaban J connectivity index is 2.28. The quantitative estimate of drug-likeness (QED) is 0.441. The fraction of sp³-hybridized carbons (Fsp3) is 0.105. The smallest absolute Gasteiger partial charge is 0.330 e. The van der Waals surface area contributed by atoms with Crippen molar-refractivity contribution in [2.24, 2.45) is 0 Å². The lowest BCUT2D eigenvalue weighted by Gasteiger charge is -2.05. The van der Waals surface area contributed by atoms with Crippen LogP contribution in [-0.4, -0.2) is 12.6 Å². The number of hydrogen-bond donors (Lipinski definition) is 0. The van der Waals surface area contributed by atoms with Crippen molar-refractivity contribution in [2.75, 3.05) is 6.61 Å². The molecule has 0 fully saturated rings. The monoisotopic (exact) mass is 312 g/mol. The van der Waals surface area contributed by atoms with Gasteiger partial charge in [0.2, 0.25) is 0 Å². The standard InChI is InChI=1S/C19H17ClO2/c1-2-22-19(21)13-12-16-10-6-7-11-17(16)18(20)14-15-8-4-3-5-9-15/h3-14H,2H2,1H3/b13-12+,18-14?. The summed E-state index contributed by atoms with van der Waals surface area (Å²) in [5.41, 5.74) is 2.76. The van der Waals surface area contributed by atoms with Gasteiger partial charge in [-0.05, 0) is 30.2 Å². The molecular formula is C19H17ClO2. The number of halogens is 1. The van der Waals surface area contributed by atoms with Gasteiger partial charge >= 0.3 is 5.97 Å². The lowest BCUT2D eigenvalue weighted by atomic mass is 10.0. The topological polar surface area (TPSA) is 26.3 Å². The molecule has 0 bridgehead atoms. The summed E-state index contributed by atoms with van der Waals surface area (Å²) >= 11 is 6.43. The molecule has 0 aliphatic rings. The van der Waals surface area contributed by atoms with Crippen LogP contribution in [0.15, 0.2) is 60.7 Å². The van der Waals surface area contributed by atoms with E-state index in [0.29, 0.717) is 11.6 Å². The molecule has 112 valence electrons. The minimum Gasteiger partial charge on any atom is -0.463 e. The summed E-state index contributed by atoms with van der Waals surface area (Å²) in [7, 11) is 0. The molecule has 0 aromatic heterocycles. The predicted octanol–water partition coefficient (Wildman–Crippen LogP) is 5.00. The molecule has 0 N–H and O–H groups in total. The first-order valence-electron chi connectivity index (χ1n) is 7.07. The van der Waals surface area contributed by atoms with Gasteiger partial charge in [0.25, 0.3) is 0 Å². The molecule has 0 saturated carbocycles. The summed E-state index contributed by atoms with van der Waals surface area (Å²) in [6.45, 7) is 2.14. The van der Waals surface area contributed by atoms with Crippen LogP contribution in [0.5, 0.6) is 0 Å². The van der Waals surface area contributed by atoms with Crippen LogP contribution in [0.25, 0.3) is 17.2 Å². The average Bonchev–Trinajstić information content (AvgIpc) is 2.54. The molecule has 0 aliphatic carbocycles. The third-order valence-electron chi connectivity index (χ3n) is 3.00. The van der Waals surface area contributed by atoms with E-state index in [1.807, 2.05) is 60.7 Å². The third kappa shape index (κ3) is 4.61. The molecule has 2 aromatic rings. The van der Waals surface area contributed by atoms with E-state index in [1.54, 1.807) is 13.0 Å². The normalized spacial score (nSPS) is 11.6. The van der Waals surface area contributed by atoms with E-state index >= 15 is 0 Å². The zero-order valence-electron chi connectivity index (χ0n) is 12.3. The molecule has 0 aliphatic heterocycles. The Bertz CT molecular complexity index is 688. The largest absolute Gasteiger partial charge is 0.463 e. The van der Waals surface area contributed by atoms with E-state index in [4.69, 9.17) is 16.3 Å². The van der Waals surface area contributed by atoms with E-state index in [1.165, 1.54) is 6.08 Å². The van der Waals surface area contributed by atoms with Crippen molar-refractivity contribution in [2.45, 2.75) is 6.92 Å². The Kier molecular flexibility index (Phi) is 5.99. The maximum atomic E-state index is 11.4. The van der Waals surface area contributed by atoms with Gasteiger partial charge < -0.3 is 4.74 Å². The van der Waals surface area contributed by atoms with Gasteiger partial charge in [0.15, 0.2) is 0 Å². The second-order valence-electron chi connectivity index (χ2n) is 4.58. The first kappa shape index (κ1) is 16.1. The highest BCUT2D eigenvalue weighted by atomic mass is 35.5. The predicted molar refractivity (Wildman–Crippen MR) is 92.3 cm³/mol. The van der Waals surface area contributed by atoms with Gasteiger partial charge in [-0.1, -0.05) is 66.2 Å². The van der Waals surface area contributed by atoms with E-state index < -0.39 is 0 Å². The van der Waals surface area contributed by atoms with Gasteiger partial charge in [-0.3, -0.25) is 0 Å². The van der Waals surface area contributed by atoms with Crippen molar-refractivity contribution in [1.82, 2.24) is 0 Å². The fourth-order valence-electron chi connectivity index (χ4n) is 1.98. The zero-order valence-corrected chi connectivity index (χ0v) is 13.1. The van der Waals surface area contributed by atoms with Crippen molar-refractivity contribution in [3.63, 3.8) is 0 Å². The number of rotatable bonds is 5. The van der Waals surface area contributed by atoms with E-state index in [-0.39, 0.29) is 5.97 Å². The summed E-state index contributed by atoms with van der Waals surface area (Å²) in [6.07, 6.45) is 5.03. The second-order valence-corrected chi connectivity index (χ2v) is 4.98. The van der Waals surface area contributed by atoms with Crippen molar-refractivity contribution >= 4 is 34.8 Å². The fourth-order valence-corrected chi connectivity index (χ4v) is 2.28. The molecule has 2 nitrogen and oxygen atoms in total. The molecule has 3 heteroatoms. The number of hydrogen-bond acceptors (Lipinski definition) is 2. The first-order valence-corrected chi connectivity index (χ1v) is 7.45. The second kappa shape index (κ2) is 8.20. The van der Waals surface area contributed by atoms with Gasteiger partial charge in [-0.25, -0.2) is 4.79 Å². The van der Waals surface area contributed by atoms with Gasteiger partial charge in [0.1, 0.15) is 0 Å². The summed E-state index contributed by atoms with van der Waals surface area (Å²) in [4.78, 5) is 11.4. The molecule has 0 heterocycles. The minimum atomic E-state index is -0.361. The zero-order chi connectivity index (χ0) is 15.8. The lowest BCUT2D eigenvalue weighted by molar-refractivity contribution is -0.137. The summed E-state index contributed by atoms with van der Waals surface area (Å²) in [6, 6.07) is 17.5. The van der Waals surface area contributed by atoms with Crippen molar-refractivity contribution in [3.8, 4) is 0 Å². The van der Waals surface area contributed by atoms with Crippen LogP contribution in [0.1, 0.15) is 23.6 Å².